The van der Waals surface area contributed by atoms with Crippen molar-refractivity contribution in [2.75, 3.05) is 0 Å². The van der Waals surface area contributed by atoms with Crippen molar-refractivity contribution in [1.29, 1.82) is 0 Å². The third kappa shape index (κ3) is 5.37. The number of hydrogen-bond acceptors (Lipinski definition) is 1. The third-order valence-corrected chi connectivity index (χ3v) is 1.29. The largest absolute Gasteiger partial charge is 0.478 e. The molecule has 0 heterocycles. The fourth-order valence-electron chi connectivity index (χ4n) is 0.323. The average molecular weight is 149 g/mol. The lowest BCUT2D eigenvalue weighted by atomic mass is 10.3. The molecule has 0 radical (unpaired) electrons. The second kappa shape index (κ2) is 4.39. The lowest BCUT2D eigenvalue weighted by Crippen LogP contribution is -1.92. The second-order valence-corrected chi connectivity index (χ2v) is 2.18. The van der Waals surface area contributed by atoms with Crippen molar-refractivity contribution in [3.05, 3.63) is 12.2 Å². The van der Waals surface area contributed by atoms with Gasteiger partial charge in [0.05, 0.1) is 5.38 Å². The van der Waals surface area contributed by atoms with E-state index in [4.69, 9.17) is 16.7 Å². The number of hydrogen-bond donors (Lipinski definition) is 1. The van der Waals surface area contributed by atoms with Gasteiger partial charge in [-0.3, -0.25) is 0 Å². The molecular weight excluding hydrogens is 140 g/mol. The zero-order valence-electron chi connectivity index (χ0n) is 5.17. The molecule has 0 fully saturated rings. The Hall–Kier alpha value is -0.500. The molecule has 0 saturated heterocycles. The van der Waals surface area contributed by atoms with Gasteiger partial charge in [-0.1, -0.05) is 13.0 Å². The highest BCUT2D eigenvalue weighted by Gasteiger charge is 1.93. The van der Waals surface area contributed by atoms with E-state index in [2.05, 4.69) is 0 Å². The first kappa shape index (κ1) is 8.50. The number of carboxylic acids is 1. The van der Waals surface area contributed by atoms with Crippen molar-refractivity contribution >= 4 is 17.6 Å². The lowest BCUT2D eigenvalue weighted by Gasteiger charge is -1.93. The number of alkyl halides is 1. The summed E-state index contributed by atoms with van der Waals surface area (Å²) in [5.74, 6) is -0.950. The van der Waals surface area contributed by atoms with Gasteiger partial charge in [0, 0.05) is 6.08 Å². The van der Waals surface area contributed by atoms with Crippen LogP contribution in [0.2, 0.25) is 0 Å². The monoisotopic (exact) mass is 148 g/mol. The molecule has 0 saturated carbocycles. The van der Waals surface area contributed by atoms with Crippen LogP contribution in [0.4, 0.5) is 0 Å². The van der Waals surface area contributed by atoms with E-state index < -0.39 is 5.97 Å². The molecule has 0 rings (SSSR count). The van der Waals surface area contributed by atoms with Gasteiger partial charge in [0.15, 0.2) is 0 Å². The van der Waals surface area contributed by atoms with Gasteiger partial charge in [0.25, 0.3) is 0 Å². The van der Waals surface area contributed by atoms with Gasteiger partial charge >= 0.3 is 5.97 Å². The molecule has 0 bridgehead atoms. The molecule has 9 heavy (non-hydrogen) atoms. The minimum absolute atomic E-state index is 0.152. The highest BCUT2D eigenvalue weighted by molar-refractivity contribution is 6.21. The van der Waals surface area contributed by atoms with E-state index in [1.165, 1.54) is 6.08 Å². The highest BCUT2D eigenvalue weighted by atomic mass is 35.5. The van der Waals surface area contributed by atoms with Crippen LogP contribution >= 0.6 is 11.6 Å². The fraction of sp³-hybridized carbons (Fsp3) is 0.500. The number of carbonyl (C=O) groups is 1. The molecule has 1 unspecified atom stereocenters. The predicted molar refractivity (Wildman–Crippen MR) is 36.7 cm³/mol. The zero-order chi connectivity index (χ0) is 7.28. The molecule has 1 atom stereocenters. The molecule has 52 valence electrons. The fourth-order valence-corrected chi connectivity index (χ4v) is 0.396. The summed E-state index contributed by atoms with van der Waals surface area (Å²) in [5.41, 5.74) is 0. The zero-order valence-corrected chi connectivity index (χ0v) is 5.93. The van der Waals surface area contributed by atoms with Crippen molar-refractivity contribution in [2.45, 2.75) is 18.7 Å². The Morgan fingerprint density at radius 3 is 2.78 bits per heavy atom. The summed E-state index contributed by atoms with van der Waals surface area (Å²) in [6, 6.07) is 0. The minimum atomic E-state index is -0.950. The number of aliphatic carboxylic acids is 1. The van der Waals surface area contributed by atoms with Crippen molar-refractivity contribution < 1.29 is 9.90 Å². The summed E-state index contributed by atoms with van der Waals surface area (Å²) in [7, 11) is 0. The average Bonchev–Trinajstić information content (AvgIpc) is 1.83. The van der Waals surface area contributed by atoms with Gasteiger partial charge in [0.2, 0.25) is 0 Å². The number of carboxylic acid groups (broad SMARTS) is 1. The molecule has 3 heteroatoms. The summed E-state index contributed by atoms with van der Waals surface area (Å²) in [5, 5.41) is 7.96. The van der Waals surface area contributed by atoms with Crippen LogP contribution < -0.4 is 0 Å². The number of rotatable bonds is 3. The van der Waals surface area contributed by atoms with Gasteiger partial charge < -0.3 is 5.11 Å². The van der Waals surface area contributed by atoms with Gasteiger partial charge in [-0.2, -0.15) is 0 Å². The van der Waals surface area contributed by atoms with Crippen molar-refractivity contribution in [3.8, 4) is 0 Å². The summed E-state index contributed by atoms with van der Waals surface area (Å²) in [6.07, 6.45) is 3.27. The summed E-state index contributed by atoms with van der Waals surface area (Å²) in [4.78, 5) is 9.87. The van der Waals surface area contributed by atoms with Crippen LogP contribution in [0.3, 0.4) is 0 Å². The van der Waals surface area contributed by atoms with E-state index in [0.717, 1.165) is 12.5 Å². The molecule has 0 spiro atoms. The Morgan fingerprint density at radius 1 is 1.89 bits per heavy atom. The number of allylic oxidation sites excluding steroid dienone is 1. The first-order chi connectivity index (χ1) is 4.16. The predicted octanol–water partition coefficient (Wildman–Crippen LogP) is 1.64. The van der Waals surface area contributed by atoms with Crippen LogP contribution in [-0.4, -0.2) is 16.5 Å². The van der Waals surface area contributed by atoms with Crippen molar-refractivity contribution in [1.82, 2.24) is 0 Å². The van der Waals surface area contributed by atoms with E-state index in [1.54, 1.807) is 0 Å². The van der Waals surface area contributed by atoms with Crippen molar-refractivity contribution in [3.63, 3.8) is 0 Å². The number of halogens is 1. The molecule has 1 N–H and O–H groups in total. The lowest BCUT2D eigenvalue weighted by molar-refractivity contribution is -0.131. The Morgan fingerprint density at radius 2 is 2.44 bits per heavy atom. The molecule has 0 aliphatic carbocycles. The van der Waals surface area contributed by atoms with E-state index >= 15 is 0 Å². The molecule has 0 aromatic heterocycles. The molecular formula is C6H9ClO2. The Balaban J connectivity index is 3.56. The highest BCUT2D eigenvalue weighted by Crippen LogP contribution is 2.01. The van der Waals surface area contributed by atoms with Crippen molar-refractivity contribution in [2.24, 2.45) is 0 Å². The van der Waals surface area contributed by atoms with Crippen LogP contribution in [0.5, 0.6) is 0 Å². The molecule has 0 aromatic rings. The first-order valence-electron chi connectivity index (χ1n) is 2.72. The Labute approximate surface area is 59.1 Å². The van der Waals surface area contributed by atoms with Gasteiger partial charge in [-0.15, -0.1) is 11.6 Å². The van der Waals surface area contributed by atoms with E-state index in [0.29, 0.717) is 0 Å². The van der Waals surface area contributed by atoms with Gasteiger partial charge in [0.1, 0.15) is 0 Å². The van der Waals surface area contributed by atoms with Crippen LogP contribution in [0.15, 0.2) is 12.2 Å². The SMILES string of the molecule is CCC(Cl)C=CC(=O)O. The maximum atomic E-state index is 9.87. The van der Waals surface area contributed by atoms with Crippen LogP contribution in [0.25, 0.3) is 0 Å². The summed E-state index contributed by atoms with van der Waals surface area (Å²) < 4.78 is 0. The molecule has 0 amide bonds. The summed E-state index contributed by atoms with van der Waals surface area (Å²) >= 11 is 5.56. The standard InChI is InChI=1S/C6H9ClO2/c1-2-5(7)3-4-6(8)9/h3-5H,2H2,1H3,(H,8,9). The first-order valence-corrected chi connectivity index (χ1v) is 3.15. The van der Waals surface area contributed by atoms with E-state index in [-0.39, 0.29) is 5.38 Å². The summed E-state index contributed by atoms with van der Waals surface area (Å²) in [6.45, 7) is 1.89. The maximum absolute atomic E-state index is 9.87. The third-order valence-electron chi connectivity index (χ3n) is 0.838. The normalized spacial score (nSPS) is 14.0. The quantitative estimate of drug-likeness (QED) is 0.488. The van der Waals surface area contributed by atoms with Gasteiger partial charge in [-0.25, -0.2) is 4.79 Å². The molecule has 0 aromatic carbocycles. The Bertz CT molecular complexity index is 120. The molecule has 0 aliphatic heterocycles. The second-order valence-electron chi connectivity index (χ2n) is 1.62. The maximum Gasteiger partial charge on any atom is 0.328 e. The van der Waals surface area contributed by atoms with E-state index in [1.807, 2.05) is 6.92 Å². The van der Waals surface area contributed by atoms with Crippen LogP contribution in [0.1, 0.15) is 13.3 Å². The van der Waals surface area contributed by atoms with Crippen LogP contribution in [0, 0.1) is 0 Å². The molecule has 0 aliphatic rings. The van der Waals surface area contributed by atoms with E-state index in [9.17, 15) is 4.79 Å². The topological polar surface area (TPSA) is 37.3 Å². The van der Waals surface area contributed by atoms with Gasteiger partial charge in [-0.05, 0) is 6.42 Å². The smallest absolute Gasteiger partial charge is 0.328 e. The van der Waals surface area contributed by atoms with Crippen LogP contribution in [-0.2, 0) is 4.79 Å². The Kier molecular flexibility index (Phi) is 4.14. The minimum Gasteiger partial charge on any atom is -0.478 e. The molecule has 2 nitrogen and oxygen atoms in total.